The second-order valence-electron chi connectivity index (χ2n) is 9.67. The van der Waals surface area contributed by atoms with Crippen molar-refractivity contribution < 1.29 is 0 Å². The van der Waals surface area contributed by atoms with Crippen molar-refractivity contribution in [2.45, 2.75) is 89.0 Å². The normalized spacial score (nSPS) is 34.4. The van der Waals surface area contributed by atoms with Gasteiger partial charge < -0.3 is 10.6 Å². The van der Waals surface area contributed by atoms with E-state index in [1.54, 1.807) is 0 Å². The molecule has 2 aliphatic carbocycles. The first-order chi connectivity index (χ1) is 14.3. The van der Waals surface area contributed by atoms with Crippen molar-refractivity contribution in [3.63, 3.8) is 0 Å². The molecule has 168 valence electrons. The van der Waals surface area contributed by atoms with E-state index in [2.05, 4.69) is 82.8 Å². The maximum Gasteiger partial charge on any atom is 0.0570 e. The first kappa shape index (κ1) is 23.7. The van der Waals surface area contributed by atoms with Crippen LogP contribution in [0, 0.1) is 0 Å². The molecule has 0 aromatic heterocycles. The second-order valence-corrected chi connectivity index (χ2v) is 10.3. The van der Waals surface area contributed by atoms with E-state index < -0.39 is 0 Å². The third-order valence-corrected chi connectivity index (χ3v) is 7.81. The standard InChI is InChI=1S/C25H43N4P/c1-6-23(19(3)18-27(5)7-2)28(21-11-9-20(26)10-12-21)15-8-16-29-24-14-13-22(30)17-25(24,29)4/h7,13-14,17-18,20-21,23-24H,2,6,8-12,15-16,26,30H2,1,3-5H3/b19-18+. The van der Waals surface area contributed by atoms with Crippen LogP contribution in [0.25, 0.3) is 0 Å². The summed E-state index contributed by atoms with van der Waals surface area (Å²) in [6, 6.07) is 2.12. The van der Waals surface area contributed by atoms with Crippen molar-refractivity contribution in [1.29, 1.82) is 0 Å². The van der Waals surface area contributed by atoms with Gasteiger partial charge in [-0.15, -0.1) is 9.24 Å². The lowest BCUT2D eigenvalue weighted by atomic mass is 9.88. The lowest BCUT2D eigenvalue weighted by Gasteiger charge is -2.41. The summed E-state index contributed by atoms with van der Waals surface area (Å²) < 4.78 is 0. The summed E-state index contributed by atoms with van der Waals surface area (Å²) in [4.78, 5) is 7.52. The molecule has 5 unspecified atom stereocenters. The molecule has 1 heterocycles. The molecule has 0 spiro atoms. The van der Waals surface area contributed by atoms with Crippen LogP contribution in [-0.4, -0.2) is 64.5 Å². The highest BCUT2D eigenvalue weighted by atomic mass is 31.0. The Balaban J connectivity index is 1.66. The van der Waals surface area contributed by atoms with Crippen LogP contribution in [0.15, 0.2) is 48.1 Å². The maximum atomic E-state index is 6.22. The minimum atomic E-state index is 0.237. The zero-order valence-corrected chi connectivity index (χ0v) is 20.7. The average Bonchev–Trinajstić information content (AvgIpc) is 3.30. The summed E-state index contributed by atoms with van der Waals surface area (Å²) in [5.74, 6) is 0. The van der Waals surface area contributed by atoms with Crippen LogP contribution in [0.4, 0.5) is 0 Å². The van der Waals surface area contributed by atoms with Crippen molar-refractivity contribution in [3.05, 3.63) is 48.1 Å². The van der Waals surface area contributed by atoms with Crippen LogP contribution < -0.4 is 5.73 Å². The van der Waals surface area contributed by atoms with Gasteiger partial charge >= 0.3 is 0 Å². The van der Waals surface area contributed by atoms with Gasteiger partial charge in [-0.25, -0.2) is 0 Å². The molecule has 1 aliphatic heterocycles. The number of hydrogen-bond donors (Lipinski definition) is 1. The Morgan fingerprint density at radius 3 is 2.70 bits per heavy atom. The van der Waals surface area contributed by atoms with E-state index in [1.807, 2.05) is 6.20 Å². The highest BCUT2D eigenvalue weighted by molar-refractivity contribution is 7.22. The van der Waals surface area contributed by atoms with Crippen LogP contribution in [0.5, 0.6) is 0 Å². The molecular formula is C25H43N4P. The predicted octanol–water partition coefficient (Wildman–Crippen LogP) is 4.48. The summed E-state index contributed by atoms with van der Waals surface area (Å²) in [6.45, 7) is 13.2. The first-order valence-electron chi connectivity index (χ1n) is 11.8. The SMILES string of the molecule is C=CN(C)/C=C(\C)C(CC)N(CCCN1C2C=CC(P)=CC21C)C1CCC(N)CC1. The number of rotatable bonds is 10. The highest BCUT2D eigenvalue weighted by Crippen LogP contribution is 2.47. The zero-order chi connectivity index (χ0) is 21.9. The van der Waals surface area contributed by atoms with E-state index in [-0.39, 0.29) is 5.54 Å². The number of nitrogens with two attached hydrogens (primary N) is 1. The summed E-state index contributed by atoms with van der Waals surface area (Å²) in [5.41, 5.74) is 7.89. The van der Waals surface area contributed by atoms with E-state index in [1.165, 1.54) is 30.1 Å². The van der Waals surface area contributed by atoms with Crippen molar-refractivity contribution in [2.75, 3.05) is 20.1 Å². The molecule has 0 aromatic carbocycles. The minimum Gasteiger partial charge on any atom is -0.358 e. The molecule has 2 N–H and O–H groups in total. The van der Waals surface area contributed by atoms with Crippen molar-refractivity contribution in [2.24, 2.45) is 5.73 Å². The predicted molar refractivity (Wildman–Crippen MR) is 133 cm³/mol. The molecule has 3 rings (SSSR count). The van der Waals surface area contributed by atoms with Gasteiger partial charge in [0, 0.05) is 44.5 Å². The Bertz CT molecular complexity index is 691. The lowest BCUT2D eigenvalue weighted by molar-refractivity contribution is 0.108. The topological polar surface area (TPSA) is 35.5 Å². The summed E-state index contributed by atoms with van der Waals surface area (Å²) in [5, 5.41) is 1.31. The van der Waals surface area contributed by atoms with Gasteiger partial charge in [0.15, 0.2) is 0 Å². The molecule has 1 saturated carbocycles. The lowest BCUT2D eigenvalue weighted by Crippen LogP contribution is -2.47. The smallest absolute Gasteiger partial charge is 0.0570 e. The Morgan fingerprint density at radius 1 is 1.40 bits per heavy atom. The van der Waals surface area contributed by atoms with Gasteiger partial charge in [0.2, 0.25) is 0 Å². The molecule has 30 heavy (non-hydrogen) atoms. The maximum absolute atomic E-state index is 6.22. The molecule has 0 radical (unpaired) electrons. The summed E-state index contributed by atoms with van der Waals surface area (Å²) in [7, 11) is 4.92. The fourth-order valence-corrected chi connectivity index (χ4v) is 6.11. The van der Waals surface area contributed by atoms with Crippen LogP contribution in [0.1, 0.15) is 59.3 Å². The van der Waals surface area contributed by atoms with Crippen LogP contribution >= 0.6 is 9.24 Å². The number of nitrogens with zero attached hydrogens (tertiary/aromatic N) is 3. The molecule has 5 heteroatoms. The number of fused-ring (bicyclic) bond motifs is 1. The highest BCUT2D eigenvalue weighted by Gasteiger charge is 2.56. The van der Waals surface area contributed by atoms with Gasteiger partial charge in [-0.2, -0.15) is 0 Å². The Kier molecular flexibility index (Phi) is 8.01. The fourth-order valence-electron chi connectivity index (χ4n) is 5.66. The van der Waals surface area contributed by atoms with E-state index in [0.29, 0.717) is 24.2 Å². The number of hydrogen-bond acceptors (Lipinski definition) is 4. The molecular weight excluding hydrogens is 387 g/mol. The quantitative estimate of drug-likeness (QED) is 0.410. The second kappa shape index (κ2) is 10.1. The molecule has 0 amide bonds. The van der Waals surface area contributed by atoms with Crippen molar-refractivity contribution in [1.82, 2.24) is 14.7 Å². The van der Waals surface area contributed by atoms with Crippen molar-refractivity contribution in [3.8, 4) is 0 Å². The third kappa shape index (κ3) is 5.27. The van der Waals surface area contributed by atoms with Crippen LogP contribution in [-0.2, 0) is 0 Å². The molecule has 0 bridgehead atoms. The molecule has 1 saturated heterocycles. The van der Waals surface area contributed by atoms with Crippen molar-refractivity contribution >= 4 is 9.24 Å². The minimum absolute atomic E-state index is 0.237. The van der Waals surface area contributed by atoms with Crippen LogP contribution in [0.3, 0.4) is 0 Å². The summed E-state index contributed by atoms with van der Waals surface area (Å²) >= 11 is 0. The van der Waals surface area contributed by atoms with Gasteiger partial charge in [0.05, 0.1) is 11.6 Å². The average molecular weight is 431 g/mol. The van der Waals surface area contributed by atoms with Gasteiger partial charge in [-0.1, -0.05) is 31.7 Å². The number of allylic oxidation sites excluding steroid dienone is 2. The van der Waals surface area contributed by atoms with E-state index in [9.17, 15) is 0 Å². The fraction of sp³-hybridized carbons (Fsp3) is 0.680. The van der Waals surface area contributed by atoms with Gasteiger partial charge in [0.25, 0.3) is 0 Å². The molecule has 5 atom stereocenters. The van der Waals surface area contributed by atoms with E-state index >= 15 is 0 Å². The molecule has 3 aliphatic rings. The molecule has 2 fully saturated rings. The van der Waals surface area contributed by atoms with E-state index in [0.717, 1.165) is 32.4 Å². The Morgan fingerprint density at radius 2 is 2.10 bits per heavy atom. The van der Waals surface area contributed by atoms with E-state index in [4.69, 9.17) is 5.73 Å². The van der Waals surface area contributed by atoms with Gasteiger partial charge in [0.1, 0.15) is 0 Å². The third-order valence-electron chi connectivity index (χ3n) is 7.45. The van der Waals surface area contributed by atoms with Gasteiger partial charge in [-0.3, -0.25) is 9.80 Å². The monoisotopic (exact) mass is 430 g/mol. The largest absolute Gasteiger partial charge is 0.358 e. The van der Waals surface area contributed by atoms with Crippen LogP contribution in [0.2, 0.25) is 0 Å². The summed E-state index contributed by atoms with van der Waals surface area (Å²) in [6.07, 6.45) is 18.3. The Labute approximate surface area is 187 Å². The first-order valence-corrected chi connectivity index (χ1v) is 12.3. The molecule has 4 nitrogen and oxygen atoms in total. The Hall–Kier alpha value is -0.930. The van der Waals surface area contributed by atoms with Gasteiger partial charge in [-0.05, 0) is 69.5 Å². The molecule has 0 aromatic rings. The zero-order valence-electron chi connectivity index (χ0n) is 19.6.